The highest BCUT2D eigenvalue weighted by molar-refractivity contribution is 14.1. The van der Waals surface area contributed by atoms with E-state index in [1.165, 1.54) is 6.33 Å². The second-order valence-corrected chi connectivity index (χ2v) is 4.67. The number of hydrogen-bond acceptors (Lipinski definition) is 4. The van der Waals surface area contributed by atoms with Crippen molar-refractivity contribution in [3.8, 4) is 0 Å². The first kappa shape index (κ1) is 10.9. The molecule has 5 nitrogen and oxygen atoms in total. The lowest BCUT2D eigenvalue weighted by atomic mass is 10.2. The van der Waals surface area contributed by atoms with Crippen LogP contribution < -0.4 is 16.2 Å². The minimum atomic E-state index is -0.0803. The van der Waals surface area contributed by atoms with Crippen LogP contribution in [-0.2, 0) is 0 Å². The van der Waals surface area contributed by atoms with Crippen LogP contribution in [-0.4, -0.2) is 29.1 Å². The first-order valence-electron chi connectivity index (χ1n) is 4.94. The van der Waals surface area contributed by atoms with Gasteiger partial charge in [-0.05, 0) is 35.4 Å². The Morgan fingerprint density at radius 2 is 2.53 bits per heavy atom. The summed E-state index contributed by atoms with van der Waals surface area (Å²) in [7, 11) is 0. The number of halogens is 1. The lowest BCUT2D eigenvalue weighted by molar-refractivity contribution is 0.669. The molecule has 1 fully saturated rings. The number of nitrogens with one attached hydrogen (secondary N) is 1. The Morgan fingerprint density at radius 1 is 1.73 bits per heavy atom. The topological polar surface area (TPSA) is 75.0 Å². The number of hydrogen-bond donors (Lipinski definition) is 2. The summed E-state index contributed by atoms with van der Waals surface area (Å²) in [6.07, 6.45) is 3.65. The van der Waals surface area contributed by atoms with Crippen LogP contribution in [0.15, 0.2) is 11.1 Å². The third kappa shape index (κ3) is 2.00. The van der Waals surface area contributed by atoms with Crippen LogP contribution in [0.3, 0.4) is 0 Å². The van der Waals surface area contributed by atoms with E-state index in [1.807, 2.05) is 22.6 Å². The monoisotopic (exact) mass is 320 g/mol. The molecule has 0 bridgehead atoms. The van der Waals surface area contributed by atoms with Crippen LogP contribution in [0.25, 0.3) is 0 Å². The SMILES string of the molecule is NCC1CCCN1c1nc[nH]c(=O)c1I. The molecular weight excluding hydrogens is 307 g/mol. The normalized spacial score (nSPS) is 20.9. The molecule has 0 aromatic carbocycles. The van der Waals surface area contributed by atoms with Crippen LogP contribution in [0.5, 0.6) is 0 Å². The average molecular weight is 320 g/mol. The Hall–Kier alpha value is -0.630. The van der Waals surface area contributed by atoms with Crippen molar-refractivity contribution in [1.29, 1.82) is 0 Å². The quantitative estimate of drug-likeness (QED) is 0.769. The van der Waals surface area contributed by atoms with Gasteiger partial charge in [0.1, 0.15) is 9.39 Å². The largest absolute Gasteiger partial charge is 0.351 e. The second-order valence-electron chi connectivity index (χ2n) is 3.59. The minimum Gasteiger partial charge on any atom is -0.351 e. The first-order valence-corrected chi connectivity index (χ1v) is 6.02. The summed E-state index contributed by atoms with van der Waals surface area (Å²) >= 11 is 2.03. The minimum absolute atomic E-state index is 0.0803. The molecule has 1 aliphatic heterocycles. The predicted molar refractivity (Wildman–Crippen MR) is 67.0 cm³/mol. The number of aromatic amines is 1. The average Bonchev–Trinajstić information content (AvgIpc) is 2.70. The molecule has 1 aromatic heterocycles. The van der Waals surface area contributed by atoms with Gasteiger partial charge >= 0.3 is 0 Å². The van der Waals surface area contributed by atoms with Crippen LogP contribution in [0, 0.1) is 3.57 Å². The molecule has 1 saturated heterocycles. The van der Waals surface area contributed by atoms with Gasteiger partial charge < -0.3 is 15.6 Å². The molecule has 1 aliphatic rings. The maximum atomic E-state index is 11.4. The summed E-state index contributed by atoms with van der Waals surface area (Å²) in [4.78, 5) is 20.4. The fraction of sp³-hybridized carbons (Fsp3) is 0.556. The standard InChI is InChI=1S/C9H13IN4O/c10-7-8(12-5-13-9(7)15)14-3-1-2-6(14)4-11/h5-6H,1-4,11H2,(H,12,13,15). The van der Waals surface area contributed by atoms with Crippen molar-refractivity contribution in [3.05, 3.63) is 20.3 Å². The number of nitrogens with zero attached hydrogens (tertiary/aromatic N) is 2. The number of aromatic nitrogens is 2. The summed E-state index contributed by atoms with van der Waals surface area (Å²) < 4.78 is 0.649. The lowest BCUT2D eigenvalue weighted by Crippen LogP contribution is -2.37. The molecule has 0 aliphatic carbocycles. The van der Waals surface area contributed by atoms with Gasteiger partial charge in [0.15, 0.2) is 0 Å². The molecule has 0 radical (unpaired) electrons. The molecule has 3 N–H and O–H groups in total. The van der Waals surface area contributed by atoms with Crippen LogP contribution >= 0.6 is 22.6 Å². The zero-order valence-corrected chi connectivity index (χ0v) is 10.4. The number of rotatable bonds is 2. The highest BCUT2D eigenvalue weighted by Crippen LogP contribution is 2.24. The number of nitrogens with two attached hydrogens (primary N) is 1. The van der Waals surface area contributed by atoms with Crippen LogP contribution in [0.1, 0.15) is 12.8 Å². The lowest BCUT2D eigenvalue weighted by Gasteiger charge is -2.24. The van der Waals surface area contributed by atoms with Crippen LogP contribution in [0.2, 0.25) is 0 Å². The van der Waals surface area contributed by atoms with Crippen LogP contribution in [0.4, 0.5) is 5.82 Å². The van der Waals surface area contributed by atoms with Crippen molar-refractivity contribution in [3.63, 3.8) is 0 Å². The third-order valence-corrected chi connectivity index (χ3v) is 3.67. The Balaban J connectivity index is 2.36. The van der Waals surface area contributed by atoms with E-state index in [2.05, 4.69) is 14.9 Å². The van der Waals surface area contributed by atoms with Crippen molar-refractivity contribution in [1.82, 2.24) is 9.97 Å². The van der Waals surface area contributed by atoms with Gasteiger partial charge in [0, 0.05) is 19.1 Å². The zero-order chi connectivity index (χ0) is 10.8. The van der Waals surface area contributed by atoms with Crippen molar-refractivity contribution in [2.75, 3.05) is 18.0 Å². The molecule has 0 spiro atoms. The Labute approximate surface area is 101 Å². The van der Waals surface area contributed by atoms with E-state index >= 15 is 0 Å². The van der Waals surface area contributed by atoms with Gasteiger partial charge in [0.25, 0.3) is 5.56 Å². The molecule has 1 atom stereocenters. The third-order valence-electron chi connectivity index (χ3n) is 2.70. The van der Waals surface area contributed by atoms with E-state index in [0.717, 1.165) is 25.2 Å². The van der Waals surface area contributed by atoms with Gasteiger partial charge in [-0.15, -0.1) is 0 Å². The Kier molecular flexibility index (Phi) is 3.25. The fourth-order valence-electron chi connectivity index (χ4n) is 1.93. The second kappa shape index (κ2) is 4.48. The van der Waals surface area contributed by atoms with Crippen molar-refractivity contribution in [2.24, 2.45) is 5.73 Å². The molecule has 1 unspecified atom stereocenters. The Morgan fingerprint density at radius 3 is 3.27 bits per heavy atom. The summed E-state index contributed by atoms with van der Waals surface area (Å²) in [5.74, 6) is 0.771. The van der Waals surface area contributed by atoms with E-state index < -0.39 is 0 Å². The number of H-pyrrole nitrogens is 1. The smallest absolute Gasteiger partial charge is 0.266 e. The maximum absolute atomic E-state index is 11.4. The predicted octanol–water partition coefficient (Wildman–Crippen LogP) is 0.302. The van der Waals surface area contributed by atoms with Gasteiger partial charge in [0.05, 0.1) is 6.33 Å². The highest BCUT2D eigenvalue weighted by atomic mass is 127. The van der Waals surface area contributed by atoms with Gasteiger partial charge in [0.2, 0.25) is 0 Å². The van der Waals surface area contributed by atoms with E-state index in [-0.39, 0.29) is 5.56 Å². The molecule has 82 valence electrons. The fourth-order valence-corrected chi connectivity index (χ4v) is 2.54. The van der Waals surface area contributed by atoms with E-state index in [0.29, 0.717) is 16.2 Å². The van der Waals surface area contributed by atoms with Gasteiger partial charge in [-0.25, -0.2) is 4.98 Å². The molecule has 15 heavy (non-hydrogen) atoms. The van der Waals surface area contributed by atoms with E-state index in [1.54, 1.807) is 0 Å². The maximum Gasteiger partial charge on any atom is 0.266 e. The summed E-state index contributed by atoms with van der Waals surface area (Å²) in [5, 5.41) is 0. The molecule has 2 heterocycles. The molecule has 0 amide bonds. The molecule has 6 heteroatoms. The highest BCUT2D eigenvalue weighted by Gasteiger charge is 2.26. The zero-order valence-electron chi connectivity index (χ0n) is 8.24. The summed E-state index contributed by atoms with van der Waals surface area (Å²) in [6, 6.07) is 0.327. The molecular formula is C9H13IN4O. The summed E-state index contributed by atoms with van der Waals surface area (Å²) in [5.41, 5.74) is 5.61. The van der Waals surface area contributed by atoms with Gasteiger partial charge in [-0.3, -0.25) is 4.79 Å². The van der Waals surface area contributed by atoms with E-state index in [9.17, 15) is 4.79 Å². The number of anilines is 1. The molecule has 0 saturated carbocycles. The van der Waals surface area contributed by atoms with Crippen molar-refractivity contribution in [2.45, 2.75) is 18.9 Å². The van der Waals surface area contributed by atoms with Gasteiger partial charge in [-0.2, -0.15) is 0 Å². The van der Waals surface area contributed by atoms with Crippen molar-refractivity contribution < 1.29 is 0 Å². The van der Waals surface area contributed by atoms with Crippen molar-refractivity contribution >= 4 is 28.4 Å². The molecule has 1 aromatic rings. The first-order chi connectivity index (χ1) is 7.24. The summed E-state index contributed by atoms with van der Waals surface area (Å²) in [6.45, 7) is 1.55. The van der Waals surface area contributed by atoms with Gasteiger partial charge in [-0.1, -0.05) is 0 Å². The van der Waals surface area contributed by atoms with E-state index in [4.69, 9.17) is 5.73 Å². The molecule has 2 rings (SSSR count). The Bertz CT molecular complexity index is 405.